The van der Waals surface area contributed by atoms with Crippen LogP contribution in [0.2, 0.25) is 12.1 Å². The van der Waals surface area contributed by atoms with E-state index in [-0.39, 0.29) is 6.42 Å². The van der Waals surface area contributed by atoms with Gasteiger partial charge in [-0.05, 0) is 13.0 Å². The van der Waals surface area contributed by atoms with Crippen LogP contribution in [0.1, 0.15) is 19.8 Å². The fraction of sp³-hybridized carbons (Fsp3) is 0.750. The van der Waals surface area contributed by atoms with E-state index in [1.54, 1.807) is 19.1 Å². The molecule has 0 aliphatic carbocycles. The van der Waals surface area contributed by atoms with E-state index in [2.05, 4.69) is 0 Å². The number of hydrogen-bond donors (Lipinski definition) is 0. The Kier molecular flexibility index (Phi) is 4.57. The molecule has 0 spiro atoms. The molecule has 0 aliphatic heterocycles. The highest BCUT2D eigenvalue weighted by molar-refractivity contribution is 6.66. The molecule has 0 heterocycles. The first-order valence-electron chi connectivity index (χ1n) is 4.12. The first kappa shape index (κ1) is 12.1. The van der Waals surface area contributed by atoms with Crippen LogP contribution in [-0.4, -0.2) is 8.74 Å². The molecule has 0 saturated heterocycles. The van der Waals surface area contributed by atoms with E-state index < -0.39 is 20.2 Å². The van der Waals surface area contributed by atoms with Crippen LogP contribution in [0.4, 0.5) is 8.22 Å². The summed E-state index contributed by atoms with van der Waals surface area (Å²) in [6.07, 6.45) is 0.356. The van der Waals surface area contributed by atoms with Crippen LogP contribution in [0, 0.1) is 28.6 Å². The Bertz CT molecular complexity index is 222. The normalized spacial score (nSPS) is 13.5. The maximum Gasteiger partial charge on any atom is 0.425 e. The van der Waals surface area contributed by atoms with Crippen molar-refractivity contribution >= 4 is 8.74 Å². The lowest BCUT2D eigenvalue weighted by Crippen LogP contribution is -2.26. The Hall–Kier alpha value is -0.943. The van der Waals surface area contributed by atoms with Crippen LogP contribution >= 0.6 is 0 Å². The maximum absolute atomic E-state index is 12.9. The van der Waals surface area contributed by atoms with Gasteiger partial charge < -0.3 is 0 Å². The Morgan fingerprint density at radius 3 is 2.00 bits per heavy atom. The van der Waals surface area contributed by atoms with Gasteiger partial charge in [0.25, 0.3) is 0 Å². The summed E-state index contributed by atoms with van der Waals surface area (Å²) in [5.41, 5.74) is -0.739. The molecule has 0 aromatic rings. The van der Waals surface area contributed by atoms with Crippen LogP contribution < -0.4 is 0 Å². The van der Waals surface area contributed by atoms with Crippen LogP contribution in [0.15, 0.2) is 0 Å². The zero-order valence-corrected chi connectivity index (χ0v) is 8.72. The lowest BCUT2D eigenvalue weighted by molar-refractivity contribution is 0.510. The minimum atomic E-state index is -4.18. The molecule has 0 aromatic heterocycles. The molecule has 0 saturated carbocycles. The summed E-state index contributed by atoms with van der Waals surface area (Å²) in [6, 6.07) is 3.43. The molecule has 1 unspecified atom stereocenters. The largest absolute Gasteiger partial charge is 0.425 e. The first-order chi connectivity index (χ1) is 5.95. The molecule has 13 heavy (non-hydrogen) atoms. The standard InChI is InChI=1S/C8H12F2N2Si/c1-3-8(13(2,9)10)4-7(5-11)6-12/h7-8H,3-4H2,1-2H3. The molecule has 0 aliphatic rings. The summed E-state index contributed by atoms with van der Waals surface area (Å²) < 4.78 is 25.9. The average Bonchev–Trinajstić information content (AvgIpc) is 2.04. The minimum Gasteiger partial charge on any atom is -0.270 e. The second-order valence-corrected chi connectivity index (χ2v) is 5.84. The van der Waals surface area contributed by atoms with Gasteiger partial charge in [-0.3, -0.25) is 8.22 Å². The molecule has 5 heteroatoms. The van der Waals surface area contributed by atoms with Gasteiger partial charge in [-0.25, -0.2) is 0 Å². The first-order valence-corrected chi connectivity index (χ1v) is 6.46. The van der Waals surface area contributed by atoms with E-state index in [9.17, 15) is 8.22 Å². The highest BCUT2D eigenvalue weighted by atomic mass is 28.4. The summed E-state index contributed by atoms with van der Waals surface area (Å²) in [6.45, 7) is 2.63. The molecule has 0 rings (SSSR count). The third-order valence-corrected chi connectivity index (χ3v) is 4.12. The highest BCUT2D eigenvalue weighted by Crippen LogP contribution is 2.33. The van der Waals surface area contributed by atoms with Gasteiger partial charge in [-0.15, -0.1) is 0 Å². The summed E-state index contributed by atoms with van der Waals surface area (Å²) in [4.78, 5) is 0. The molecule has 0 aromatic carbocycles. The van der Waals surface area contributed by atoms with Gasteiger partial charge in [0, 0.05) is 5.54 Å². The van der Waals surface area contributed by atoms with E-state index >= 15 is 0 Å². The molecule has 0 radical (unpaired) electrons. The predicted octanol–water partition coefficient (Wildman–Crippen LogP) is 2.83. The molecule has 0 fully saturated rings. The summed E-state index contributed by atoms with van der Waals surface area (Å²) >= 11 is 0. The molecular weight excluding hydrogens is 190 g/mol. The number of nitriles is 2. The third-order valence-electron chi connectivity index (χ3n) is 2.04. The zero-order valence-electron chi connectivity index (χ0n) is 7.72. The quantitative estimate of drug-likeness (QED) is 0.520. The van der Waals surface area contributed by atoms with Gasteiger partial charge in [0.1, 0.15) is 5.92 Å². The van der Waals surface area contributed by atoms with Crippen molar-refractivity contribution in [2.45, 2.75) is 31.9 Å². The smallest absolute Gasteiger partial charge is 0.270 e. The van der Waals surface area contributed by atoms with Crippen LogP contribution in [0.3, 0.4) is 0 Å². The lowest BCUT2D eigenvalue weighted by atomic mass is 10.1. The van der Waals surface area contributed by atoms with Crippen molar-refractivity contribution in [1.82, 2.24) is 0 Å². The van der Waals surface area contributed by atoms with E-state index in [0.29, 0.717) is 6.42 Å². The second-order valence-electron chi connectivity index (χ2n) is 3.11. The van der Waals surface area contributed by atoms with E-state index in [1.807, 2.05) is 0 Å². The van der Waals surface area contributed by atoms with Crippen molar-refractivity contribution in [3.05, 3.63) is 0 Å². The monoisotopic (exact) mass is 202 g/mol. The Balaban J connectivity index is 4.33. The van der Waals surface area contributed by atoms with Gasteiger partial charge >= 0.3 is 8.74 Å². The van der Waals surface area contributed by atoms with Gasteiger partial charge in [0.05, 0.1) is 12.1 Å². The summed E-state index contributed by atoms with van der Waals surface area (Å²) in [7, 11) is -4.18. The minimum absolute atomic E-state index is 0.0131. The molecule has 2 nitrogen and oxygen atoms in total. The molecule has 0 amide bonds. The zero-order chi connectivity index (χ0) is 10.5. The van der Waals surface area contributed by atoms with Gasteiger partial charge in [0.2, 0.25) is 0 Å². The van der Waals surface area contributed by atoms with Crippen molar-refractivity contribution in [1.29, 1.82) is 10.5 Å². The SMILES string of the molecule is CCC(CC(C#N)C#N)[Si](C)(F)F. The van der Waals surface area contributed by atoms with Crippen molar-refractivity contribution in [2.75, 3.05) is 0 Å². The van der Waals surface area contributed by atoms with Gasteiger partial charge in [0.15, 0.2) is 0 Å². The third kappa shape index (κ3) is 4.00. The van der Waals surface area contributed by atoms with E-state index in [4.69, 9.17) is 10.5 Å². The summed E-state index contributed by atoms with van der Waals surface area (Å²) in [5.74, 6) is -0.886. The number of rotatable bonds is 4. The Morgan fingerprint density at radius 1 is 1.31 bits per heavy atom. The topological polar surface area (TPSA) is 47.6 Å². The second kappa shape index (κ2) is 4.93. The van der Waals surface area contributed by atoms with Crippen molar-refractivity contribution in [2.24, 2.45) is 5.92 Å². The van der Waals surface area contributed by atoms with Crippen molar-refractivity contribution < 1.29 is 8.22 Å². The van der Waals surface area contributed by atoms with Gasteiger partial charge in [-0.1, -0.05) is 13.3 Å². The number of hydrogen-bond acceptors (Lipinski definition) is 2. The number of halogens is 2. The fourth-order valence-corrected chi connectivity index (χ4v) is 2.52. The molecule has 1 atom stereocenters. The Labute approximate surface area is 78.1 Å². The van der Waals surface area contributed by atoms with E-state index in [1.165, 1.54) is 0 Å². The van der Waals surface area contributed by atoms with Crippen LogP contribution in [0.5, 0.6) is 0 Å². The maximum atomic E-state index is 12.9. The van der Waals surface area contributed by atoms with Crippen molar-refractivity contribution in [3.63, 3.8) is 0 Å². The van der Waals surface area contributed by atoms with Crippen LogP contribution in [-0.2, 0) is 0 Å². The lowest BCUT2D eigenvalue weighted by Gasteiger charge is -2.19. The molecular formula is C8H12F2N2Si. The molecule has 0 bridgehead atoms. The van der Waals surface area contributed by atoms with Crippen molar-refractivity contribution in [3.8, 4) is 12.1 Å². The van der Waals surface area contributed by atoms with Gasteiger partial charge in [-0.2, -0.15) is 10.5 Å². The van der Waals surface area contributed by atoms with E-state index in [0.717, 1.165) is 6.55 Å². The highest BCUT2D eigenvalue weighted by Gasteiger charge is 2.39. The molecule has 72 valence electrons. The fourth-order valence-electron chi connectivity index (χ4n) is 1.15. The predicted molar refractivity (Wildman–Crippen MR) is 47.2 cm³/mol. The van der Waals surface area contributed by atoms with Crippen LogP contribution in [0.25, 0.3) is 0 Å². The molecule has 0 N–H and O–H groups in total. The summed E-state index contributed by atoms with van der Waals surface area (Å²) in [5, 5.41) is 16.9. The average molecular weight is 202 g/mol. The Morgan fingerprint density at radius 2 is 1.77 bits per heavy atom. The number of nitrogens with zero attached hydrogens (tertiary/aromatic N) is 2.